The van der Waals surface area contributed by atoms with Crippen LogP contribution in [0, 0.1) is 6.92 Å². The van der Waals surface area contributed by atoms with Gasteiger partial charge < -0.3 is 14.0 Å². The lowest BCUT2D eigenvalue weighted by Gasteiger charge is -2.00. The number of carbonyl (C=O) groups is 2. The lowest BCUT2D eigenvalue weighted by atomic mass is 10.1. The molecule has 1 heterocycles. The van der Waals surface area contributed by atoms with Crippen LogP contribution in [0.1, 0.15) is 28.2 Å². The molecule has 0 aromatic carbocycles. The zero-order chi connectivity index (χ0) is 12.1. The van der Waals surface area contributed by atoms with E-state index in [9.17, 15) is 9.59 Å². The Morgan fingerprint density at radius 1 is 1.31 bits per heavy atom. The molecule has 0 saturated heterocycles. The van der Waals surface area contributed by atoms with E-state index in [0.717, 1.165) is 0 Å². The van der Waals surface area contributed by atoms with Crippen LogP contribution in [0.25, 0.3) is 0 Å². The van der Waals surface area contributed by atoms with Gasteiger partial charge in [0.2, 0.25) is 0 Å². The highest BCUT2D eigenvalue weighted by atomic mass is 16.5. The lowest BCUT2D eigenvalue weighted by Crippen LogP contribution is -2.07. The summed E-state index contributed by atoms with van der Waals surface area (Å²) in [5, 5.41) is 3.66. The molecule has 0 N–H and O–H groups in total. The van der Waals surface area contributed by atoms with Gasteiger partial charge in [-0.2, -0.15) is 0 Å². The van der Waals surface area contributed by atoms with Gasteiger partial charge in [0.1, 0.15) is 5.56 Å². The molecule has 1 rings (SSSR count). The third-order valence-electron chi connectivity index (χ3n) is 2.11. The molecule has 1 aromatic rings. The van der Waals surface area contributed by atoms with Gasteiger partial charge in [-0.1, -0.05) is 5.16 Å². The van der Waals surface area contributed by atoms with Crippen molar-refractivity contribution < 1.29 is 23.6 Å². The smallest absolute Gasteiger partial charge is 0.343 e. The molecular weight excluding hydrogens is 214 g/mol. The van der Waals surface area contributed by atoms with E-state index in [4.69, 9.17) is 4.52 Å². The molecule has 0 atom stereocenters. The molecule has 0 amide bonds. The van der Waals surface area contributed by atoms with Gasteiger partial charge in [-0.05, 0) is 6.92 Å². The molecule has 0 bridgehead atoms. The fourth-order valence-electron chi connectivity index (χ4n) is 1.27. The molecule has 1 aromatic heterocycles. The van der Waals surface area contributed by atoms with Gasteiger partial charge in [0.15, 0.2) is 5.76 Å². The number of esters is 2. The third kappa shape index (κ3) is 2.59. The Hall–Kier alpha value is -1.85. The molecule has 0 radical (unpaired) electrons. The fourth-order valence-corrected chi connectivity index (χ4v) is 1.27. The largest absolute Gasteiger partial charge is 0.469 e. The molecule has 0 spiro atoms. The summed E-state index contributed by atoms with van der Waals surface area (Å²) in [5.74, 6) is -0.543. The Bertz CT molecular complexity index is 396. The molecule has 6 heteroatoms. The van der Waals surface area contributed by atoms with Crippen molar-refractivity contribution >= 4 is 11.9 Å². The zero-order valence-corrected chi connectivity index (χ0v) is 9.40. The monoisotopic (exact) mass is 227 g/mol. The standard InChI is InChI=1S/C10H13NO5/c1-6-9(10(13)15-3)7(16-11-6)4-5-8(12)14-2/h4-5H2,1-3H3. The summed E-state index contributed by atoms with van der Waals surface area (Å²) in [6.07, 6.45) is 0.396. The van der Waals surface area contributed by atoms with Crippen LogP contribution in [0.4, 0.5) is 0 Å². The summed E-state index contributed by atoms with van der Waals surface area (Å²) >= 11 is 0. The van der Waals surface area contributed by atoms with Crippen molar-refractivity contribution in [2.45, 2.75) is 19.8 Å². The highest BCUT2D eigenvalue weighted by Gasteiger charge is 2.21. The van der Waals surface area contributed by atoms with E-state index < -0.39 is 5.97 Å². The summed E-state index contributed by atoms with van der Waals surface area (Å²) in [5.41, 5.74) is 0.734. The number of ether oxygens (including phenoxy) is 2. The van der Waals surface area contributed by atoms with Crippen LogP contribution in [0.5, 0.6) is 0 Å². The van der Waals surface area contributed by atoms with Crippen LogP contribution in [-0.4, -0.2) is 31.3 Å². The molecule has 88 valence electrons. The number of hydrogen-bond donors (Lipinski definition) is 0. The Morgan fingerprint density at radius 2 is 2.00 bits per heavy atom. The highest BCUT2D eigenvalue weighted by Crippen LogP contribution is 2.16. The second kappa shape index (κ2) is 5.29. The molecule has 0 aliphatic heterocycles. The van der Waals surface area contributed by atoms with Crippen molar-refractivity contribution in [2.24, 2.45) is 0 Å². The van der Waals surface area contributed by atoms with E-state index in [1.165, 1.54) is 14.2 Å². The second-order valence-corrected chi connectivity index (χ2v) is 3.13. The zero-order valence-electron chi connectivity index (χ0n) is 9.40. The van der Waals surface area contributed by atoms with Crippen LogP contribution < -0.4 is 0 Å². The first-order chi connectivity index (χ1) is 7.60. The van der Waals surface area contributed by atoms with Crippen molar-refractivity contribution in [1.29, 1.82) is 0 Å². The van der Waals surface area contributed by atoms with E-state index in [2.05, 4.69) is 14.6 Å². The van der Waals surface area contributed by atoms with Crippen molar-refractivity contribution in [1.82, 2.24) is 5.16 Å². The Labute approximate surface area is 92.5 Å². The van der Waals surface area contributed by atoms with Gasteiger partial charge in [-0.15, -0.1) is 0 Å². The first-order valence-corrected chi connectivity index (χ1v) is 4.70. The number of rotatable bonds is 4. The van der Waals surface area contributed by atoms with Crippen molar-refractivity contribution in [3.8, 4) is 0 Å². The van der Waals surface area contributed by atoms with Crippen molar-refractivity contribution in [3.63, 3.8) is 0 Å². The van der Waals surface area contributed by atoms with Crippen LogP contribution >= 0.6 is 0 Å². The van der Waals surface area contributed by atoms with Gasteiger partial charge in [0, 0.05) is 6.42 Å². The molecule has 6 nitrogen and oxygen atoms in total. The Morgan fingerprint density at radius 3 is 2.56 bits per heavy atom. The first-order valence-electron chi connectivity index (χ1n) is 4.70. The first kappa shape index (κ1) is 12.2. The quantitative estimate of drug-likeness (QED) is 0.710. The third-order valence-corrected chi connectivity index (χ3v) is 2.11. The van der Waals surface area contributed by atoms with Crippen LogP contribution in [-0.2, 0) is 20.7 Å². The minimum Gasteiger partial charge on any atom is -0.469 e. The molecule has 16 heavy (non-hydrogen) atoms. The average Bonchev–Trinajstić information content (AvgIpc) is 2.66. The van der Waals surface area contributed by atoms with Gasteiger partial charge >= 0.3 is 11.9 Å². The minimum atomic E-state index is -0.515. The average molecular weight is 227 g/mol. The summed E-state index contributed by atoms with van der Waals surface area (Å²) in [7, 11) is 2.58. The van der Waals surface area contributed by atoms with Crippen LogP contribution in [0.3, 0.4) is 0 Å². The summed E-state index contributed by atoms with van der Waals surface area (Å²) in [6.45, 7) is 1.64. The molecule has 0 aliphatic rings. The number of nitrogens with zero attached hydrogens (tertiary/aromatic N) is 1. The maximum absolute atomic E-state index is 11.4. The van der Waals surface area contributed by atoms with E-state index >= 15 is 0 Å². The predicted octanol–water partition coefficient (Wildman–Crippen LogP) is 0.875. The predicted molar refractivity (Wildman–Crippen MR) is 52.9 cm³/mol. The fraction of sp³-hybridized carbons (Fsp3) is 0.500. The SMILES string of the molecule is COC(=O)CCc1onc(C)c1C(=O)OC. The summed E-state index contributed by atoms with van der Waals surface area (Å²) in [4.78, 5) is 22.3. The molecule has 0 unspecified atom stereocenters. The normalized spacial score (nSPS) is 9.94. The van der Waals surface area contributed by atoms with Gasteiger partial charge in [0.05, 0.1) is 26.3 Å². The van der Waals surface area contributed by atoms with Crippen LogP contribution in [0.15, 0.2) is 4.52 Å². The summed E-state index contributed by atoms with van der Waals surface area (Å²) < 4.78 is 14.0. The van der Waals surface area contributed by atoms with E-state index in [1.807, 2.05) is 0 Å². The Balaban J connectivity index is 2.80. The van der Waals surface area contributed by atoms with Crippen molar-refractivity contribution in [2.75, 3.05) is 14.2 Å². The van der Waals surface area contributed by atoms with Crippen LogP contribution in [0.2, 0.25) is 0 Å². The highest BCUT2D eigenvalue weighted by molar-refractivity contribution is 5.91. The maximum atomic E-state index is 11.4. The lowest BCUT2D eigenvalue weighted by molar-refractivity contribution is -0.140. The number of carbonyl (C=O) groups excluding carboxylic acids is 2. The minimum absolute atomic E-state index is 0.134. The van der Waals surface area contributed by atoms with E-state index in [1.54, 1.807) is 6.92 Å². The van der Waals surface area contributed by atoms with Crippen molar-refractivity contribution in [3.05, 3.63) is 17.0 Å². The topological polar surface area (TPSA) is 78.6 Å². The number of aromatic nitrogens is 1. The molecular formula is C10H13NO5. The summed E-state index contributed by atoms with van der Waals surface area (Å²) in [6, 6.07) is 0. The van der Waals surface area contributed by atoms with E-state index in [-0.39, 0.29) is 24.4 Å². The maximum Gasteiger partial charge on any atom is 0.343 e. The van der Waals surface area contributed by atoms with E-state index in [0.29, 0.717) is 11.5 Å². The van der Waals surface area contributed by atoms with Gasteiger partial charge in [0.25, 0.3) is 0 Å². The Kier molecular flexibility index (Phi) is 4.04. The molecule has 0 aliphatic carbocycles. The van der Waals surface area contributed by atoms with Gasteiger partial charge in [-0.25, -0.2) is 4.79 Å². The number of methoxy groups -OCH3 is 2. The number of aryl methyl sites for hydroxylation is 2. The molecule has 0 fully saturated rings. The second-order valence-electron chi connectivity index (χ2n) is 3.13. The van der Waals surface area contributed by atoms with Gasteiger partial charge in [-0.3, -0.25) is 4.79 Å². The number of hydrogen-bond acceptors (Lipinski definition) is 6. The molecule has 0 saturated carbocycles.